The molecule has 1 aromatic heterocycles. The number of aromatic nitrogens is 2. The summed E-state index contributed by atoms with van der Waals surface area (Å²) in [6.45, 7) is 8.04. The third-order valence-electron chi connectivity index (χ3n) is 9.55. The molecule has 256 valence electrons. The van der Waals surface area contributed by atoms with E-state index in [0.717, 1.165) is 48.5 Å². The van der Waals surface area contributed by atoms with E-state index in [9.17, 15) is 27.8 Å². The van der Waals surface area contributed by atoms with E-state index >= 15 is 0 Å². The van der Waals surface area contributed by atoms with Crippen molar-refractivity contribution in [1.29, 1.82) is 0 Å². The Morgan fingerprint density at radius 3 is 2.19 bits per heavy atom. The molecular formula is C35H48FN5O5S. The minimum absolute atomic E-state index is 0.0296. The third kappa shape index (κ3) is 8.45. The molecule has 0 saturated heterocycles. The monoisotopic (exact) mass is 669 g/mol. The van der Waals surface area contributed by atoms with Crippen molar-refractivity contribution >= 4 is 33.8 Å². The van der Waals surface area contributed by atoms with E-state index in [1.165, 1.54) is 25.3 Å². The van der Waals surface area contributed by atoms with Crippen LogP contribution in [0.2, 0.25) is 0 Å². The second kappa shape index (κ2) is 14.1. The fourth-order valence-corrected chi connectivity index (χ4v) is 6.72. The summed E-state index contributed by atoms with van der Waals surface area (Å²) in [7, 11) is -2.30. The highest BCUT2D eigenvalue weighted by molar-refractivity contribution is 7.92. The van der Waals surface area contributed by atoms with Crippen LogP contribution in [-0.2, 0) is 14.8 Å². The van der Waals surface area contributed by atoms with Gasteiger partial charge in [-0.1, -0.05) is 32.9 Å². The molecule has 2 fully saturated rings. The quantitative estimate of drug-likeness (QED) is 0.301. The van der Waals surface area contributed by atoms with Crippen LogP contribution in [0.15, 0.2) is 35.3 Å². The Morgan fingerprint density at radius 1 is 1.06 bits per heavy atom. The number of anilines is 1. The zero-order valence-electron chi connectivity index (χ0n) is 28.2. The van der Waals surface area contributed by atoms with Crippen LogP contribution < -0.4 is 4.31 Å². The van der Waals surface area contributed by atoms with Crippen LogP contribution >= 0.6 is 0 Å². The van der Waals surface area contributed by atoms with Gasteiger partial charge in [-0.05, 0) is 80.5 Å². The van der Waals surface area contributed by atoms with Crippen LogP contribution in [0.1, 0.15) is 89.8 Å². The summed E-state index contributed by atoms with van der Waals surface area (Å²) in [6, 6.07) is 5.97. The van der Waals surface area contributed by atoms with E-state index in [2.05, 4.69) is 23.8 Å². The number of sulfonamides is 1. The summed E-state index contributed by atoms with van der Waals surface area (Å²) in [5, 5.41) is 22.1. The van der Waals surface area contributed by atoms with Gasteiger partial charge in [-0.15, -0.1) is 0 Å². The van der Waals surface area contributed by atoms with Crippen molar-refractivity contribution in [1.82, 2.24) is 14.9 Å². The maximum Gasteiger partial charge on any atom is 0.239 e. The van der Waals surface area contributed by atoms with E-state index < -0.39 is 28.0 Å². The molecule has 2 aliphatic carbocycles. The molecular weight excluding hydrogens is 621 g/mol. The van der Waals surface area contributed by atoms with E-state index in [1.54, 1.807) is 18.2 Å². The van der Waals surface area contributed by atoms with Crippen molar-refractivity contribution in [2.24, 2.45) is 22.7 Å². The Kier molecular flexibility index (Phi) is 10.5. The lowest BCUT2D eigenvalue weighted by Gasteiger charge is -2.33. The maximum absolute atomic E-state index is 13.8. The molecule has 12 heteroatoms. The predicted octanol–water partition coefficient (Wildman–Crippen LogP) is 5.16. The molecule has 2 saturated carbocycles. The van der Waals surface area contributed by atoms with Gasteiger partial charge in [0, 0.05) is 37.1 Å². The molecule has 1 aromatic carbocycles. The Balaban J connectivity index is 1.37. The molecule has 2 unspecified atom stereocenters. The van der Waals surface area contributed by atoms with E-state index in [0.29, 0.717) is 40.3 Å². The largest absolute Gasteiger partial charge is 0.392 e. The first-order valence-electron chi connectivity index (χ1n) is 16.7. The summed E-state index contributed by atoms with van der Waals surface area (Å²) in [6.07, 6.45) is 7.07. The number of hydrogen-bond donors (Lipinski definition) is 2. The number of rotatable bonds is 13. The summed E-state index contributed by atoms with van der Waals surface area (Å²) in [5.41, 5.74) is 1.98. The van der Waals surface area contributed by atoms with Crippen LogP contribution in [0.4, 0.5) is 10.3 Å². The van der Waals surface area contributed by atoms with Gasteiger partial charge in [0.05, 0.1) is 42.3 Å². The number of carbonyl (C=O) groups excluding carboxylic acids is 1. The van der Waals surface area contributed by atoms with Gasteiger partial charge in [0.15, 0.2) is 0 Å². The number of aliphatic hydroxyl groups excluding tert-OH is 2. The predicted molar refractivity (Wildman–Crippen MR) is 182 cm³/mol. The molecule has 1 aliphatic heterocycles. The number of amides is 1. The Hall–Kier alpha value is -3.22. The fourth-order valence-electron chi connectivity index (χ4n) is 6.34. The molecule has 10 nitrogen and oxygen atoms in total. The van der Waals surface area contributed by atoms with Crippen molar-refractivity contribution in [3.63, 3.8) is 0 Å². The topological polar surface area (TPSA) is 136 Å². The number of benzene rings is 1. The first kappa shape index (κ1) is 35.1. The van der Waals surface area contributed by atoms with E-state index in [4.69, 9.17) is 4.99 Å². The number of carbonyl (C=O) groups is 1. The van der Waals surface area contributed by atoms with Crippen molar-refractivity contribution in [2.45, 2.75) is 103 Å². The molecule has 0 bridgehead atoms. The SMILES string of the molecule is CC(C)c1nc(N(C)S(C)(=O)=O)nc(-c2ccc(F)cc2)c1C=C[C@H](O)C[C@@H](O)CC(=O)N(C1=NC(C)C(C)C1)C(C1CC1)C1CC1. The highest BCUT2D eigenvalue weighted by Gasteiger charge is 2.48. The summed E-state index contributed by atoms with van der Waals surface area (Å²) in [5.74, 6) is 1.41. The molecule has 2 N–H and O–H groups in total. The molecule has 2 aromatic rings. The molecule has 1 amide bonds. The number of aliphatic hydroxyl groups is 2. The second-order valence-electron chi connectivity index (χ2n) is 14.0. The summed E-state index contributed by atoms with van der Waals surface area (Å²) < 4.78 is 39.5. The summed E-state index contributed by atoms with van der Waals surface area (Å²) >= 11 is 0. The Bertz CT molecular complexity index is 1610. The molecule has 3 aliphatic rings. The smallest absolute Gasteiger partial charge is 0.239 e. The summed E-state index contributed by atoms with van der Waals surface area (Å²) in [4.78, 5) is 29.7. The molecule has 47 heavy (non-hydrogen) atoms. The standard InChI is InChI=1S/C35H48FN5O5S/c1-20(2)32-29(33(23-11-13-26(36)14-12-23)39-35(38-32)40(5)47(6,45)46)16-15-27(42)18-28(43)19-31(44)41(30-17-21(3)22(4)37-30)34(24-7-8-24)25-9-10-25/h11-16,20-22,24-25,27-28,34,42-43H,7-10,17-19H2,1-6H3/t21?,22?,27-,28+/m0/s1. The lowest BCUT2D eigenvalue weighted by Crippen LogP contribution is -2.47. The Morgan fingerprint density at radius 2 is 1.68 bits per heavy atom. The number of halogens is 1. The second-order valence-corrected chi connectivity index (χ2v) is 16.0. The van der Waals surface area contributed by atoms with Gasteiger partial charge in [0.25, 0.3) is 0 Å². The van der Waals surface area contributed by atoms with Gasteiger partial charge < -0.3 is 10.2 Å². The minimum atomic E-state index is -3.67. The van der Waals surface area contributed by atoms with Crippen LogP contribution in [0.5, 0.6) is 0 Å². The van der Waals surface area contributed by atoms with Crippen LogP contribution in [-0.4, -0.2) is 82.8 Å². The van der Waals surface area contributed by atoms with Crippen LogP contribution in [0.3, 0.4) is 0 Å². The number of amidine groups is 1. The average molecular weight is 670 g/mol. The van der Waals surface area contributed by atoms with Crippen LogP contribution in [0.25, 0.3) is 17.3 Å². The molecule has 0 radical (unpaired) electrons. The first-order chi connectivity index (χ1) is 22.1. The van der Waals surface area contributed by atoms with Gasteiger partial charge in [0.1, 0.15) is 11.7 Å². The lowest BCUT2D eigenvalue weighted by atomic mass is 9.97. The average Bonchev–Trinajstić information content (AvgIpc) is 3.93. The van der Waals surface area contributed by atoms with Gasteiger partial charge >= 0.3 is 0 Å². The normalized spacial score (nSPS) is 21.4. The number of aliphatic imine (C=N–C) groups is 1. The van der Waals surface area contributed by atoms with Crippen molar-refractivity contribution in [2.75, 3.05) is 17.6 Å². The molecule has 4 atom stereocenters. The van der Waals surface area contributed by atoms with Gasteiger partial charge in [-0.3, -0.25) is 14.7 Å². The molecule has 5 rings (SSSR count). The van der Waals surface area contributed by atoms with Gasteiger partial charge in [-0.25, -0.2) is 27.1 Å². The third-order valence-corrected chi connectivity index (χ3v) is 10.7. The first-order valence-corrected chi connectivity index (χ1v) is 18.5. The molecule has 0 spiro atoms. The van der Waals surface area contributed by atoms with Crippen molar-refractivity contribution in [3.05, 3.63) is 47.4 Å². The van der Waals surface area contributed by atoms with E-state index in [-0.39, 0.29) is 42.7 Å². The lowest BCUT2D eigenvalue weighted by molar-refractivity contribution is -0.132. The zero-order valence-corrected chi connectivity index (χ0v) is 29.0. The number of nitrogens with zero attached hydrogens (tertiary/aromatic N) is 5. The highest BCUT2D eigenvalue weighted by Crippen LogP contribution is 2.48. The zero-order chi connectivity index (χ0) is 34.2. The molecule has 2 heterocycles. The van der Waals surface area contributed by atoms with Crippen molar-refractivity contribution in [3.8, 4) is 11.3 Å². The van der Waals surface area contributed by atoms with Gasteiger partial charge in [-0.2, -0.15) is 0 Å². The Labute approximate surface area is 277 Å². The number of hydrogen-bond acceptors (Lipinski definition) is 8. The van der Waals surface area contributed by atoms with Crippen molar-refractivity contribution < 1.29 is 27.8 Å². The van der Waals surface area contributed by atoms with Crippen LogP contribution in [0, 0.1) is 23.6 Å². The minimum Gasteiger partial charge on any atom is -0.392 e. The maximum atomic E-state index is 13.8. The van der Waals surface area contributed by atoms with E-state index in [1.807, 2.05) is 18.7 Å². The van der Waals surface area contributed by atoms with Gasteiger partial charge in [0.2, 0.25) is 21.9 Å². The fraction of sp³-hybridized carbons (Fsp3) is 0.600. The highest BCUT2D eigenvalue weighted by atomic mass is 32.2.